The maximum Gasteiger partial charge on any atom is 0.254 e. The molecule has 0 radical (unpaired) electrons. The Bertz CT molecular complexity index is 738. The standard InChI is InChI=1S/C19H23N3O3/c1-24-17-8-3-14(13-18(17)25-2)19(23)22-11-9-21(10-12-22)16-6-4-15(20)5-7-16/h3-8,13H,9-12,20H2,1-2H3. The molecular formula is C19H23N3O3. The monoisotopic (exact) mass is 341 g/mol. The van der Waals surface area contributed by atoms with Crippen LogP contribution in [0.2, 0.25) is 0 Å². The summed E-state index contributed by atoms with van der Waals surface area (Å²) in [4.78, 5) is 16.9. The summed E-state index contributed by atoms with van der Waals surface area (Å²) in [6.45, 7) is 2.95. The van der Waals surface area contributed by atoms with Crippen molar-refractivity contribution >= 4 is 17.3 Å². The van der Waals surface area contributed by atoms with Crippen LogP contribution < -0.4 is 20.1 Å². The summed E-state index contributed by atoms with van der Waals surface area (Å²) in [5, 5.41) is 0. The third kappa shape index (κ3) is 3.63. The number of nitrogens with zero attached hydrogens (tertiary/aromatic N) is 2. The molecule has 1 saturated heterocycles. The van der Waals surface area contributed by atoms with Gasteiger partial charge in [-0.1, -0.05) is 0 Å². The largest absolute Gasteiger partial charge is 0.493 e. The van der Waals surface area contributed by atoms with E-state index in [2.05, 4.69) is 4.90 Å². The van der Waals surface area contributed by atoms with Crippen LogP contribution in [-0.4, -0.2) is 51.2 Å². The fourth-order valence-electron chi connectivity index (χ4n) is 3.00. The van der Waals surface area contributed by atoms with Crippen molar-refractivity contribution in [1.29, 1.82) is 0 Å². The van der Waals surface area contributed by atoms with Crippen molar-refractivity contribution in [2.45, 2.75) is 0 Å². The molecule has 1 aliphatic rings. The Morgan fingerprint density at radius 2 is 1.56 bits per heavy atom. The molecule has 6 nitrogen and oxygen atoms in total. The minimum Gasteiger partial charge on any atom is -0.493 e. The summed E-state index contributed by atoms with van der Waals surface area (Å²) in [5.41, 5.74) is 8.23. The predicted molar refractivity (Wildman–Crippen MR) is 98.5 cm³/mol. The van der Waals surface area contributed by atoms with E-state index in [1.54, 1.807) is 32.4 Å². The van der Waals surface area contributed by atoms with Crippen LogP contribution in [0.1, 0.15) is 10.4 Å². The SMILES string of the molecule is COc1ccc(C(=O)N2CCN(c3ccc(N)cc3)CC2)cc1OC. The number of piperazine rings is 1. The first-order valence-electron chi connectivity index (χ1n) is 8.24. The Kier molecular flexibility index (Phi) is 4.97. The van der Waals surface area contributed by atoms with Crippen LogP contribution in [0, 0.1) is 0 Å². The van der Waals surface area contributed by atoms with Gasteiger partial charge in [-0.15, -0.1) is 0 Å². The summed E-state index contributed by atoms with van der Waals surface area (Å²) >= 11 is 0. The van der Waals surface area contributed by atoms with E-state index >= 15 is 0 Å². The molecule has 2 aromatic rings. The second-order valence-corrected chi connectivity index (χ2v) is 5.94. The van der Waals surface area contributed by atoms with Gasteiger partial charge in [0.1, 0.15) is 0 Å². The lowest BCUT2D eigenvalue weighted by Crippen LogP contribution is -2.48. The Balaban J connectivity index is 1.66. The number of nitrogens with two attached hydrogens (primary N) is 1. The van der Waals surface area contributed by atoms with E-state index < -0.39 is 0 Å². The first-order valence-corrected chi connectivity index (χ1v) is 8.24. The van der Waals surface area contributed by atoms with Gasteiger partial charge in [-0.2, -0.15) is 0 Å². The number of carbonyl (C=O) groups excluding carboxylic acids is 1. The van der Waals surface area contributed by atoms with Gasteiger partial charge >= 0.3 is 0 Å². The molecule has 1 heterocycles. The highest BCUT2D eigenvalue weighted by molar-refractivity contribution is 5.95. The summed E-state index contributed by atoms with van der Waals surface area (Å²) < 4.78 is 10.5. The molecular weight excluding hydrogens is 318 g/mol. The van der Waals surface area contributed by atoms with Crippen LogP contribution in [0.15, 0.2) is 42.5 Å². The fraction of sp³-hybridized carbons (Fsp3) is 0.316. The number of hydrogen-bond donors (Lipinski definition) is 1. The van der Waals surface area contributed by atoms with Gasteiger partial charge in [-0.3, -0.25) is 4.79 Å². The van der Waals surface area contributed by atoms with Gasteiger partial charge in [-0.05, 0) is 42.5 Å². The normalized spacial score (nSPS) is 14.3. The highest BCUT2D eigenvalue weighted by atomic mass is 16.5. The lowest BCUT2D eigenvalue weighted by atomic mass is 10.1. The average Bonchev–Trinajstić information content (AvgIpc) is 2.67. The predicted octanol–water partition coefficient (Wildman–Crippen LogP) is 2.25. The molecule has 0 unspecified atom stereocenters. The van der Waals surface area contributed by atoms with Crippen molar-refractivity contribution in [3.63, 3.8) is 0 Å². The van der Waals surface area contributed by atoms with Gasteiger partial charge < -0.3 is 25.0 Å². The second-order valence-electron chi connectivity index (χ2n) is 5.94. The van der Waals surface area contributed by atoms with E-state index in [4.69, 9.17) is 15.2 Å². The highest BCUT2D eigenvalue weighted by Gasteiger charge is 2.23. The van der Waals surface area contributed by atoms with Gasteiger partial charge in [0.2, 0.25) is 0 Å². The first kappa shape index (κ1) is 17.0. The van der Waals surface area contributed by atoms with Gasteiger partial charge in [0.25, 0.3) is 5.91 Å². The second kappa shape index (κ2) is 7.34. The maximum atomic E-state index is 12.7. The molecule has 132 valence electrons. The van der Waals surface area contributed by atoms with E-state index in [-0.39, 0.29) is 5.91 Å². The molecule has 0 aliphatic carbocycles. The van der Waals surface area contributed by atoms with Gasteiger partial charge in [-0.25, -0.2) is 0 Å². The van der Waals surface area contributed by atoms with Gasteiger partial charge in [0.15, 0.2) is 11.5 Å². The molecule has 2 N–H and O–H groups in total. The van der Waals surface area contributed by atoms with Crippen LogP contribution >= 0.6 is 0 Å². The number of anilines is 2. The molecule has 0 spiro atoms. The molecule has 6 heteroatoms. The van der Waals surface area contributed by atoms with Crippen LogP contribution in [-0.2, 0) is 0 Å². The number of benzene rings is 2. The number of rotatable bonds is 4. The van der Waals surface area contributed by atoms with Gasteiger partial charge in [0.05, 0.1) is 14.2 Å². The Morgan fingerprint density at radius 1 is 0.920 bits per heavy atom. The molecule has 0 saturated carbocycles. The number of methoxy groups -OCH3 is 2. The van der Waals surface area contributed by atoms with Crippen molar-refractivity contribution in [3.8, 4) is 11.5 Å². The molecule has 0 atom stereocenters. The van der Waals surface area contributed by atoms with Crippen molar-refractivity contribution in [2.24, 2.45) is 0 Å². The summed E-state index contributed by atoms with van der Waals surface area (Å²) in [7, 11) is 3.15. The Morgan fingerprint density at radius 3 is 2.16 bits per heavy atom. The zero-order valence-electron chi connectivity index (χ0n) is 14.6. The minimum absolute atomic E-state index is 0.0120. The van der Waals surface area contributed by atoms with Gasteiger partial charge in [0, 0.05) is 43.1 Å². The van der Waals surface area contributed by atoms with Crippen LogP contribution in [0.4, 0.5) is 11.4 Å². The van der Waals surface area contributed by atoms with E-state index in [0.717, 1.165) is 24.5 Å². The summed E-state index contributed by atoms with van der Waals surface area (Å²) in [6, 6.07) is 13.1. The van der Waals surface area contributed by atoms with Crippen molar-refractivity contribution in [3.05, 3.63) is 48.0 Å². The zero-order chi connectivity index (χ0) is 17.8. The first-order chi connectivity index (χ1) is 12.1. The van der Waals surface area contributed by atoms with Crippen LogP contribution in [0.25, 0.3) is 0 Å². The molecule has 1 aliphatic heterocycles. The quantitative estimate of drug-likeness (QED) is 0.864. The summed E-state index contributed by atoms with van der Waals surface area (Å²) in [5.74, 6) is 1.19. The number of nitrogen functional groups attached to an aromatic ring is 1. The van der Waals surface area contributed by atoms with E-state index in [0.29, 0.717) is 30.2 Å². The Labute approximate surface area is 147 Å². The molecule has 0 bridgehead atoms. The number of carbonyl (C=O) groups is 1. The van der Waals surface area contributed by atoms with E-state index in [1.165, 1.54) is 0 Å². The van der Waals surface area contributed by atoms with Crippen molar-refractivity contribution in [1.82, 2.24) is 4.90 Å². The molecule has 3 rings (SSSR count). The third-order valence-electron chi connectivity index (χ3n) is 4.46. The average molecular weight is 341 g/mol. The molecule has 0 aromatic heterocycles. The fourth-order valence-corrected chi connectivity index (χ4v) is 3.00. The molecule has 2 aromatic carbocycles. The van der Waals surface area contributed by atoms with Crippen molar-refractivity contribution < 1.29 is 14.3 Å². The maximum absolute atomic E-state index is 12.7. The van der Waals surface area contributed by atoms with Crippen molar-refractivity contribution in [2.75, 3.05) is 51.0 Å². The zero-order valence-corrected chi connectivity index (χ0v) is 14.6. The highest BCUT2D eigenvalue weighted by Crippen LogP contribution is 2.28. The third-order valence-corrected chi connectivity index (χ3v) is 4.46. The smallest absolute Gasteiger partial charge is 0.254 e. The van der Waals surface area contributed by atoms with E-state index in [9.17, 15) is 4.79 Å². The lowest BCUT2D eigenvalue weighted by molar-refractivity contribution is 0.0746. The Hall–Kier alpha value is -2.89. The molecule has 25 heavy (non-hydrogen) atoms. The summed E-state index contributed by atoms with van der Waals surface area (Å²) in [6.07, 6.45) is 0. The molecule has 1 fully saturated rings. The number of hydrogen-bond acceptors (Lipinski definition) is 5. The number of amides is 1. The van der Waals surface area contributed by atoms with Crippen LogP contribution in [0.3, 0.4) is 0 Å². The van der Waals surface area contributed by atoms with E-state index in [1.807, 2.05) is 29.2 Å². The molecule has 1 amide bonds. The topological polar surface area (TPSA) is 68.0 Å². The number of ether oxygens (including phenoxy) is 2. The minimum atomic E-state index is 0.0120. The lowest BCUT2D eigenvalue weighted by Gasteiger charge is -2.36. The van der Waals surface area contributed by atoms with Crippen LogP contribution in [0.5, 0.6) is 11.5 Å².